The number of rotatable bonds is 5. The molecule has 1 heterocycles. The highest BCUT2D eigenvalue weighted by molar-refractivity contribution is 5.94. The van der Waals surface area contributed by atoms with E-state index in [-0.39, 0.29) is 18.4 Å². The maximum absolute atomic E-state index is 12.5. The maximum Gasteiger partial charge on any atom is 0.253 e. The Kier molecular flexibility index (Phi) is 5.91. The molecule has 0 N–H and O–H groups in total. The van der Waals surface area contributed by atoms with Crippen molar-refractivity contribution in [3.63, 3.8) is 0 Å². The van der Waals surface area contributed by atoms with Crippen molar-refractivity contribution >= 4 is 11.8 Å². The zero-order valence-corrected chi connectivity index (χ0v) is 13.1. The van der Waals surface area contributed by atoms with Crippen molar-refractivity contribution in [1.82, 2.24) is 9.80 Å². The molecule has 1 aromatic carbocycles. The Balaban J connectivity index is 1.95. The third kappa shape index (κ3) is 4.05. The fourth-order valence-corrected chi connectivity index (χ4v) is 2.52. The fourth-order valence-electron chi connectivity index (χ4n) is 2.52. The molecule has 1 saturated heterocycles. The molecule has 0 unspecified atom stereocenters. The maximum atomic E-state index is 12.5. The molecule has 0 saturated carbocycles. The second-order valence-electron chi connectivity index (χ2n) is 5.24. The van der Waals surface area contributed by atoms with Crippen LogP contribution >= 0.6 is 0 Å². The molecule has 1 aromatic rings. The molecule has 0 atom stereocenters. The Labute approximate surface area is 130 Å². The van der Waals surface area contributed by atoms with Crippen LogP contribution in [0, 0.1) is 0 Å². The summed E-state index contributed by atoms with van der Waals surface area (Å²) < 4.78 is 9.94. The van der Waals surface area contributed by atoms with E-state index in [2.05, 4.69) is 0 Å². The predicted octanol–water partition coefficient (Wildman–Crippen LogP) is 0.764. The van der Waals surface area contributed by atoms with Gasteiger partial charge in [-0.25, -0.2) is 0 Å². The van der Waals surface area contributed by atoms with Gasteiger partial charge in [-0.2, -0.15) is 0 Å². The number of ether oxygens (including phenoxy) is 2. The second-order valence-corrected chi connectivity index (χ2v) is 5.24. The van der Waals surface area contributed by atoms with Crippen molar-refractivity contribution in [1.29, 1.82) is 0 Å². The van der Waals surface area contributed by atoms with E-state index in [0.29, 0.717) is 38.3 Å². The van der Waals surface area contributed by atoms with Crippen LogP contribution in [-0.4, -0.2) is 68.6 Å². The van der Waals surface area contributed by atoms with Crippen molar-refractivity contribution < 1.29 is 19.1 Å². The molecule has 6 heteroatoms. The van der Waals surface area contributed by atoms with Gasteiger partial charge in [0, 0.05) is 46.0 Å². The average Bonchev–Trinajstić information content (AvgIpc) is 2.55. The van der Waals surface area contributed by atoms with E-state index in [0.717, 1.165) is 5.56 Å². The highest BCUT2D eigenvalue weighted by Gasteiger charge is 2.24. The minimum absolute atomic E-state index is 0.00297. The molecular weight excluding hydrogens is 284 g/mol. The Morgan fingerprint density at radius 1 is 1.05 bits per heavy atom. The predicted molar refractivity (Wildman–Crippen MR) is 81.5 cm³/mol. The van der Waals surface area contributed by atoms with Gasteiger partial charge in [-0.3, -0.25) is 9.59 Å². The number of amides is 2. The molecule has 1 aliphatic rings. The van der Waals surface area contributed by atoms with Crippen LogP contribution in [-0.2, 0) is 20.9 Å². The van der Waals surface area contributed by atoms with Gasteiger partial charge in [0.25, 0.3) is 5.91 Å². The van der Waals surface area contributed by atoms with Gasteiger partial charge in [-0.15, -0.1) is 0 Å². The van der Waals surface area contributed by atoms with E-state index in [9.17, 15) is 9.59 Å². The lowest BCUT2D eigenvalue weighted by atomic mass is 10.1. The van der Waals surface area contributed by atoms with Crippen LogP contribution in [0.2, 0.25) is 0 Å². The zero-order valence-electron chi connectivity index (χ0n) is 13.1. The molecule has 0 spiro atoms. The standard InChI is InChI=1S/C16H22N2O4/c1-21-11-13-4-3-5-14(10-13)16(20)18-8-6-17(7-9-18)15(19)12-22-2/h3-5,10H,6-9,11-12H2,1-2H3. The van der Waals surface area contributed by atoms with E-state index in [1.807, 2.05) is 24.3 Å². The van der Waals surface area contributed by atoms with Crippen LogP contribution in [0.4, 0.5) is 0 Å². The number of hydrogen-bond donors (Lipinski definition) is 0. The molecular formula is C16H22N2O4. The number of carbonyl (C=O) groups is 2. The van der Waals surface area contributed by atoms with Crippen molar-refractivity contribution in [2.24, 2.45) is 0 Å². The first-order chi connectivity index (χ1) is 10.7. The van der Waals surface area contributed by atoms with Gasteiger partial charge < -0.3 is 19.3 Å². The van der Waals surface area contributed by atoms with Gasteiger partial charge in [0.05, 0.1) is 6.61 Å². The molecule has 2 amide bonds. The van der Waals surface area contributed by atoms with Crippen LogP contribution < -0.4 is 0 Å². The summed E-state index contributed by atoms with van der Waals surface area (Å²) in [7, 11) is 3.13. The van der Waals surface area contributed by atoms with Crippen molar-refractivity contribution in [2.45, 2.75) is 6.61 Å². The number of carbonyl (C=O) groups excluding carboxylic acids is 2. The summed E-state index contributed by atoms with van der Waals surface area (Å²) >= 11 is 0. The van der Waals surface area contributed by atoms with Gasteiger partial charge >= 0.3 is 0 Å². The highest BCUT2D eigenvalue weighted by atomic mass is 16.5. The molecule has 6 nitrogen and oxygen atoms in total. The second kappa shape index (κ2) is 7.91. The Morgan fingerprint density at radius 2 is 1.73 bits per heavy atom. The summed E-state index contributed by atoms with van der Waals surface area (Å²) in [5.41, 5.74) is 1.63. The lowest BCUT2D eigenvalue weighted by molar-refractivity contribution is -0.136. The molecule has 0 radical (unpaired) electrons. The molecule has 120 valence electrons. The largest absolute Gasteiger partial charge is 0.380 e. The van der Waals surface area contributed by atoms with E-state index >= 15 is 0 Å². The van der Waals surface area contributed by atoms with Crippen LogP contribution in [0.25, 0.3) is 0 Å². The summed E-state index contributed by atoms with van der Waals surface area (Å²) in [6.07, 6.45) is 0. The van der Waals surface area contributed by atoms with Crippen molar-refractivity contribution in [2.75, 3.05) is 47.0 Å². The zero-order chi connectivity index (χ0) is 15.9. The monoisotopic (exact) mass is 306 g/mol. The first-order valence-corrected chi connectivity index (χ1v) is 7.29. The van der Waals surface area contributed by atoms with Gasteiger partial charge in [0.2, 0.25) is 5.91 Å². The summed E-state index contributed by atoms with van der Waals surface area (Å²) in [4.78, 5) is 27.8. The fraction of sp³-hybridized carbons (Fsp3) is 0.500. The smallest absolute Gasteiger partial charge is 0.253 e. The van der Waals surface area contributed by atoms with Gasteiger partial charge in [-0.1, -0.05) is 12.1 Å². The molecule has 0 aliphatic carbocycles. The third-order valence-corrected chi connectivity index (χ3v) is 3.67. The number of piperazine rings is 1. The van der Waals surface area contributed by atoms with E-state index in [1.54, 1.807) is 16.9 Å². The van der Waals surface area contributed by atoms with Crippen LogP contribution in [0.5, 0.6) is 0 Å². The third-order valence-electron chi connectivity index (χ3n) is 3.67. The Morgan fingerprint density at radius 3 is 2.36 bits per heavy atom. The minimum Gasteiger partial charge on any atom is -0.380 e. The van der Waals surface area contributed by atoms with Crippen molar-refractivity contribution in [3.05, 3.63) is 35.4 Å². The molecule has 0 bridgehead atoms. The Bertz CT molecular complexity index is 525. The van der Waals surface area contributed by atoms with Crippen LogP contribution in [0.1, 0.15) is 15.9 Å². The number of hydrogen-bond acceptors (Lipinski definition) is 4. The molecule has 0 aromatic heterocycles. The number of benzene rings is 1. The van der Waals surface area contributed by atoms with Crippen molar-refractivity contribution in [3.8, 4) is 0 Å². The first kappa shape index (κ1) is 16.5. The summed E-state index contributed by atoms with van der Waals surface area (Å²) in [6.45, 7) is 2.76. The normalized spacial score (nSPS) is 15.0. The molecule has 2 rings (SSSR count). The van der Waals surface area contributed by atoms with Gasteiger partial charge in [0.1, 0.15) is 6.61 Å². The summed E-state index contributed by atoms with van der Waals surface area (Å²) in [5.74, 6) is -0.0338. The SMILES string of the molecule is COCC(=O)N1CCN(C(=O)c2cccc(COC)c2)CC1. The quantitative estimate of drug-likeness (QED) is 0.806. The van der Waals surface area contributed by atoms with E-state index in [4.69, 9.17) is 9.47 Å². The number of nitrogens with zero attached hydrogens (tertiary/aromatic N) is 2. The number of methoxy groups -OCH3 is 2. The lowest BCUT2D eigenvalue weighted by Gasteiger charge is -2.34. The van der Waals surface area contributed by atoms with Gasteiger partial charge in [-0.05, 0) is 17.7 Å². The van der Waals surface area contributed by atoms with Gasteiger partial charge in [0.15, 0.2) is 0 Å². The minimum atomic E-state index is -0.0308. The summed E-state index contributed by atoms with van der Waals surface area (Å²) in [5, 5.41) is 0. The van der Waals surface area contributed by atoms with E-state index < -0.39 is 0 Å². The topological polar surface area (TPSA) is 59.1 Å². The highest BCUT2D eigenvalue weighted by Crippen LogP contribution is 2.12. The summed E-state index contributed by atoms with van der Waals surface area (Å²) in [6, 6.07) is 7.46. The lowest BCUT2D eigenvalue weighted by Crippen LogP contribution is -2.51. The Hall–Kier alpha value is -1.92. The van der Waals surface area contributed by atoms with E-state index in [1.165, 1.54) is 7.11 Å². The first-order valence-electron chi connectivity index (χ1n) is 7.29. The average molecular weight is 306 g/mol. The molecule has 22 heavy (non-hydrogen) atoms. The van der Waals surface area contributed by atoms with Crippen LogP contribution in [0.3, 0.4) is 0 Å². The van der Waals surface area contributed by atoms with Crippen LogP contribution in [0.15, 0.2) is 24.3 Å². The molecule has 1 aliphatic heterocycles. The molecule has 1 fully saturated rings.